The molecule has 0 atom stereocenters. The molecule has 3 nitrogen and oxygen atoms in total. The van der Waals surface area contributed by atoms with Crippen LogP contribution in [0.3, 0.4) is 0 Å². The molecule has 0 aromatic carbocycles. The van der Waals surface area contributed by atoms with Gasteiger partial charge in [0.2, 0.25) is 0 Å². The van der Waals surface area contributed by atoms with E-state index in [-0.39, 0.29) is 11.4 Å². The lowest BCUT2D eigenvalue weighted by molar-refractivity contribution is 0.0118. The maximum Gasteiger partial charge on any atom is 0.280 e. The minimum Gasteiger partial charge on any atom is -0.480 e. The van der Waals surface area contributed by atoms with Crippen molar-refractivity contribution in [3.05, 3.63) is 23.5 Å². The summed E-state index contributed by atoms with van der Waals surface area (Å²) in [5.74, 6) is 0.0481. The predicted molar refractivity (Wildman–Crippen MR) is 51.0 cm³/mol. The zero-order valence-corrected chi connectivity index (χ0v) is 7.95. The summed E-state index contributed by atoms with van der Waals surface area (Å²) in [5, 5.41) is 8.93. The highest BCUT2D eigenvalue weighted by Gasteiger charge is 2.16. The van der Waals surface area contributed by atoms with Crippen molar-refractivity contribution in [1.82, 2.24) is 4.98 Å². The van der Waals surface area contributed by atoms with Gasteiger partial charge in [0.25, 0.3) is 6.43 Å². The monoisotopic (exact) mass is 209 g/mol. The average molecular weight is 209 g/mol. The van der Waals surface area contributed by atoms with Crippen LogP contribution in [-0.2, 0) is 0 Å². The molecule has 4 radical (unpaired) electrons. The zero-order chi connectivity index (χ0) is 11.6. The minimum absolute atomic E-state index is 0.0481. The molecule has 0 spiro atoms. The molecule has 0 fully saturated rings. The van der Waals surface area contributed by atoms with E-state index in [9.17, 15) is 8.78 Å². The molecule has 0 saturated carbocycles. The van der Waals surface area contributed by atoms with E-state index < -0.39 is 12.0 Å². The van der Waals surface area contributed by atoms with E-state index >= 15 is 0 Å². The molecule has 0 aliphatic heterocycles. The van der Waals surface area contributed by atoms with Gasteiger partial charge in [-0.2, -0.15) is 0 Å². The molecular weight excluding hydrogens is 202 g/mol. The molecule has 1 aromatic rings. The van der Waals surface area contributed by atoms with Crippen molar-refractivity contribution in [2.24, 2.45) is 0 Å². The zero-order valence-electron chi connectivity index (χ0n) is 7.95. The predicted octanol–water partition coefficient (Wildman–Crippen LogP) is 0.647. The summed E-state index contributed by atoms with van der Waals surface area (Å²) >= 11 is 0. The lowest BCUT2D eigenvalue weighted by Gasteiger charge is -2.22. The van der Waals surface area contributed by atoms with Gasteiger partial charge < -0.3 is 9.84 Å². The van der Waals surface area contributed by atoms with Crippen LogP contribution in [0, 0.1) is 6.92 Å². The Kier molecular flexibility index (Phi) is 3.34. The topological polar surface area (TPSA) is 42.4 Å². The maximum atomic E-state index is 12.2. The van der Waals surface area contributed by atoms with Crippen LogP contribution in [0.5, 0.6) is 5.75 Å². The third kappa shape index (κ3) is 3.51. The van der Waals surface area contributed by atoms with Gasteiger partial charge in [0.05, 0.1) is 6.20 Å². The van der Waals surface area contributed by atoms with Gasteiger partial charge in [-0.05, 0) is 18.6 Å². The van der Waals surface area contributed by atoms with Crippen molar-refractivity contribution in [2.45, 2.75) is 18.9 Å². The van der Waals surface area contributed by atoms with E-state index in [1.165, 1.54) is 6.92 Å². The van der Waals surface area contributed by atoms with Gasteiger partial charge in [-0.25, -0.2) is 8.78 Å². The van der Waals surface area contributed by atoms with Crippen LogP contribution in [-0.4, -0.2) is 31.4 Å². The molecule has 1 N–H and O–H groups in total. The fraction of sp³-hybridized carbons (Fsp3) is 0.375. The minimum atomic E-state index is -2.66. The van der Waals surface area contributed by atoms with Crippen molar-refractivity contribution in [3.8, 4) is 5.75 Å². The lowest BCUT2D eigenvalue weighted by atomic mass is 9.76. The van der Waals surface area contributed by atoms with E-state index in [1.54, 1.807) is 0 Å². The Morgan fingerprint density at radius 2 is 2.13 bits per heavy atom. The summed E-state index contributed by atoms with van der Waals surface area (Å²) in [4.78, 5) is 3.43. The number of rotatable bonds is 3. The Hall–Kier alpha value is -1.10. The highest BCUT2D eigenvalue weighted by atomic mass is 19.3. The van der Waals surface area contributed by atoms with Crippen molar-refractivity contribution < 1.29 is 18.6 Å². The molecule has 15 heavy (non-hydrogen) atoms. The number of aliphatic hydroxyl groups is 1. The van der Waals surface area contributed by atoms with Gasteiger partial charge in [0.15, 0.2) is 15.7 Å². The number of alkyl halides is 2. The molecule has 0 saturated heterocycles. The van der Waals surface area contributed by atoms with E-state index in [0.717, 1.165) is 12.3 Å². The molecule has 0 amide bonds. The van der Waals surface area contributed by atoms with Crippen LogP contribution >= 0.6 is 0 Å². The van der Waals surface area contributed by atoms with Gasteiger partial charge in [-0.3, -0.25) is 4.98 Å². The van der Waals surface area contributed by atoms with Crippen LogP contribution in [0.4, 0.5) is 8.78 Å². The summed E-state index contributed by atoms with van der Waals surface area (Å²) in [5.41, 5.74) is -2.37. The van der Waals surface area contributed by atoms with Crippen molar-refractivity contribution >= 4 is 15.7 Å². The first kappa shape index (κ1) is 12.0. The van der Waals surface area contributed by atoms with Crippen molar-refractivity contribution in [1.29, 1.82) is 0 Å². The second-order valence-electron chi connectivity index (χ2n) is 3.03. The molecule has 7 heteroatoms. The summed E-state index contributed by atoms with van der Waals surface area (Å²) in [6.45, 7) is 1.51. The van der Waals surface area contributed by atoms with Gasteiger partial charge >= 0.3 is 0 Å². The first-order valence-electron chi connectivity index (χ1n) is 4.03. The molecule has 1 heterocycles. The summed E-state index contributed by atoms with van der Waals surface area (Å²) in [7, 11) is 9.94. The maximum absolute atomic E-state index is 12.2. The van der Waals surface area contributed by atoms with Gasteiger partial charge in [-0.1, -0.05) is 0 Å². The summed E-state index contributed by atoms with van der Waals surface area (Å²) < 4.78 is 29.1. The standard InChI is InChI=1S/C8H7B2F2NO2/c1-4-2-5(7(11)12)13-3-6(4)15-8(9,10)14/h2-3,7,14H,1H3. The number of aryl methyl sites for hydroxylation is 1. The molecule has 76 valence electrons. The number of nitrogens with zero attached hydrogens (tertiary/aromatic N) is 1. The van der Waals surface area contributed by atoms with Crippen LogP contribution in [0.2, 0.25) is 0 Å². The largest absolute Gasteiger partial charge is 0.480 e. The first-order valence-corrected chi connectivity index (χ1v) is 4.03. The smallest absolute Gasteiger partial charge is 0.280 e. The average Bonchev–Trinajstić information content (AvgIpc) is 2.05. The van der Waals surface area contributed by atoms with E-state index in [2.05, 4.69) is 9.72 Å². The third-order valence-corrected chi connectivity index (χ3v) is 1.58. The fourth-order valence-corrected chi connectivity index (χ4v) is 0.968. The number of ether oxygens (including phenoxy) is 1. The molecule has 0 aliphatic rings. The molecule has 0 bridgehead atoms. The Balaban J connectivity index is 2.94. The normalized spacial score (nSPS) is 11.8. The highest BCUT2D eigenvalue weighted by Crippen LogP contribution is 2.24. The van der Waals surface area contributed by atoms with Gasteiger partial charge in [0, 0.05) is 0 Å². The second kappa shape index (κ2) is 4.18. The molecule has 0 unspecified atom stereocenters. The highest BCUT2D eigenvalue weighted by molar-refractivity contribution is 6.37. The first-order chi connectivity index (χ1) is 6.79. The van der Waals surface area contributed by atoms with E-state index in [4.69, 9.17) is 20.8 Å². The van der Waals surface area contributed by atoms with Crippen LogP contribution in [0.15, 0.2) is 12.3 Å². The van der Waals surface area contributed by atoms with Crippen LogP contribution in [0.25, 0.3) is 0 Å². The number of pyridine rings is 1. The summed E-state index contributed by atoms with van der Waals surface area (Å²) in [6.07, 6.45) is -1.63. The second-order valence-corrected chi connectivity index (χ2v) is 3.03. The summed E-state index contributed by atoms with van der Waals surface area (Å²) in [6, 6.07) is 1.13. The number of halogens is 2. The van der Waals surface area contributed by atoms with Crippen LogP contribution in [0.1, 0.15) is 17.7 Å². The third-order valence-electron chi connectivity index (χ3n) is 1.58. The molecule has 1 aromatic heterocycles. The number of hydrogen-bond acceptors (Lipinski definition) is 3. The number of aromatic nitrogens is 1. The lowest BCUT2D eigenvalue weighted by Crippen LogP contribution is -2.36. The molecule has 0 aliphatic carbocycles. The molecule has 1 rings (SSSR count). The van der Waals surface area contributed by atoms with Crippen LogP contribution < -0.4 is 4.74 Å². The number of hydrogen-bond donors (Lipinski definition) is 1. The van der Waals surface area contributed by atoms with Crippen molar-refractivity contribution in [2.75, 3.05) is 0 Å². The van der Waals surface area contributed by atoms with E-state index in [0.29, 0.717) is 5.56 Å². The Labute approximate surface area is 88.3 Å². The Morgan fingerprint density at radius 3 is 2.53 bits per heavy atom. The van der Waals surface area contributed by atoms with E-state index in [1.807, 2.05) is 0 Å². The van der Waals surface area contributed by atoms with Gasteiger partial charge in [0.1, 0.15) is 17.0 Å². The SMILES string of the molecule is [B]C([B])(O)Oc1cnc(C(F)F)cc1C. The Morgan fingerprint density at radius 1 is 1.53 bits per heavy atom. The Bertz CT molecular complexity index is 355. The molecular formula is C8H7B2F2NO2. The quantitative estimate of drug-likeness (QED) is 0.586. The fourth-order valence-electron chi connectivity index (χ4n) is 0.968. The van der Waals surface area contributed by atoms with Crippen molar-refractivity contribution in [3.63, 3.8) is 0 Å². The van der Waals surface area contributed by atoms with Gasteiger partial charge in [-0.15, -0.1) is 0 Å².